The Morgan fingerprint density at radius 1 is 1.28 bits per heavy atom. The van der Waals surface area contributed by atoms with Crippen LogP contribution in [0.25, 0.3) is 22.4 Å². The van der Waals surface area contributed by atoms with E-state index >= 15 is 0 Å². The van der Waals surface area contributed by atoms with Crippen molar-refractivity contribution >= 4 is 51.0 Å². The van der Waals surface area contributed by atoms with Crippen LogP contribution in [0.2, 0.25) is 0 Å². The molecule has 0 saturated heterocycles. The van der Waals surface area contributed by atoms with Gasteiger partial charge in [0.2, 0.25) is 5.91 Å². The number of hydrogen-bond acceptors (Lipinski definition) is 9. The number of non-ortho nitro benzene ring substituents is 1. The maximum absolute atomic E-state index is 12.5. The molecule has 0 fully saturated rings. The van der Waals surface area contributed by atoms with E-state index in [1.807, 2.05) is 0 Å². The number of nitrogens with zero attached hydrogens (tertiary/aromatic N) is 5. The van der Waals surface area contributed by atoms with Crippen LogP contribution in [0.5, 0.6) is 0 Å². The van der Waals surface area contributed by atoms with E-state index in [2.05, 4.69) is 30.2 Å². The van der Waals surface area contributed by atoms with Gasteiger partial charge in [-0.2, -0.15) is 0 Å². The van der Waals surface area contributed by atoms with Crippen molar-refractivity contribution < 1.29 is 9.72 Å². The molecule has 4 rings (SSSR count). The molecular formula is C17H13N7O3S2. The summed E-state index contributed by atoms with van der Waals surface area (Å²) in [4.78, 5) is 42.6. The minimum absolute atomic E-state index is 0.0134. The van der Waals surface area contributed by atoms with Crippen molar-refractivity contribution in [1.29, 1.82) is 0 Å². The zero-order valence-corrected chi connectivity index (χ0v) is 16.5. The number of nitrogens with one attached hydrogen (secondary N) is 2. The van der Waals surface area contributed by atoms with Crippen molar-refractivity contribution in [1.82, 2.24) is 24.9 Å². The fraction of sp³-hybridized carbons (Fsp3) is 0.118. The van der Waals surface area contributed by atoms with Gasteiger partial charge in [0.05, 0.1) is 22.2 Å². The number of imidazole rings is 1. The van der Waals surface area contributed by atoms with Gasteiger partial charge in [-0.25, -0.2) is 19.9 Å². The van der Waals surface area contributed by atoms with Gasteiger partial charge in [0.25, 0.3) is 5.69 Å². The molecule has 1 atom stereocenters. The van der Waals surface area contributed by atoms with Crippen LogP contribution in [-0.4, -0.2) is 41.0 Å². The molecule has 4 aromatic rings. The van der Waals surface area contributed by atoms with Gasteiger partial charge < -0.3 is 10.3 Å². The van der Waals surface area contributed by atoms with Gasteiger partial charge in [-0.3, -0.25) is 14.9 Å². The van der Waals surface area contributed by atoms with E-state index < -0.39 is 10.2 Å². The van der Waals surface area contributed by atoms with Crippen LogP contribution >= 0.6 is 23.1 Å². The Kier molecular flexibility index (Phi) is 5.18. The predicted octanol–water partition coefficient (Wildman–Crippen LogP) is 3.50. The first-order valence-electron chi connectivity index (χ1n) is 8.33. The Morgan fingerprint density at radius 3 is 2.83 bits per heavy atom. The number of benzene rings is 1. The highest BCUT2D eigenvalue weighted by Crippen LogP contribution is 2.29. The number of anilines is 1. The summed E-state index contributed by atoms with van der Waals surface area (Å²) in [6.07, 6.45) is 2.94. The van der Waals surface area contributed by atoms with Gasteiger partial charge >= 0.3 is 0 Å². The first kappa shape index (κ1) is 19.0. The first-order chi connectivity index (χ1) is 14.0. The summed E-state index contributed by atoms with van der Waals surface area (Å²) in [5.41, 5.74) is 2.61. The molecule has 0 unspecified atom stereocenters. The Hall–Kier alpha value is -3.38. The van der Waals surface area contributed by atoms with Crippen LogP contribution in [0.3, 0.4) is 0 Å². The number of nitro benzene ring substituents is 1. The molecule has 3 aromatic heterocycles. The Balaban J connectivity index is 1.43. The standard InChI is InChI=1S/C17H13N7O3S2/c1-9(29-16-13-14(19-7-18-13)20-8-21-16)15(25)23-17-22-12(6-28-17)10-2-4-11(5-3-10)24(26)27/h2-9H,1H3,(H,22,23,25)(H,18,19,20,21)/t9-/m0/s1. The smallest absolute Gasteiger partial charge is 0.269 e. The number of carbonyl (C=O) groups is 1. The van der Waals surface area contributed by atoms with Gasteiger partial charge in [0, 0.05) is 23.1 Å². The quantitative estimate of drug-likeness (QED) is 0.206. The highest BCUT2D eigenvalue weighted by Gasteiger charge is 2.19. The molecule has 0 aliphatic heterocycles. The molecule has 0 aliphatic rings. The Labute approximate surface area is 172 Å². The largest absolute Gasteiger partial charge is 0.341 e. The third-order valence-electron chi connectivity index (χ3n) is 3.95. The minimum Gasteiger partial charge on any atom is -0.341 e. The number of hydrogen-bond donors (Lipinski definition) is 2. The van der Waals surface area contributed by atoms with Gasteiger partial charge in [-0.1, -0.05) is 11.8 Å². The number of thiazole rings is 1. The van der Waals surface area contributed by atoms with Gasteiger partial charge in [-0.05, 0) is 19.1 Å². The fourth-order valence-corrected chi connectivity index (χ4v) is 4.08. The summed E-state index contributed by atoms with van der Waals surface area (Å²) < 4.78 is 0. The molecule has 1 aromatic carbocycles. The van der Waals surface area contributed by atoms with Crippen molar-refractivity contribution in [2.24, 2.45) is 0 Å². The molecule has 0 radical (unpaired) electrons. The summed E-state index contributed by atoms with van der Waals surface area (Å²) in [7, 11) is 0. The lowest BCUT2D eigenvalue weighted by Crippen LogP contribution is -2.22. The summed E-state index contributed by atoms with van der Waals surface area (Å²) in [5, 5.41) is 16.0. The number of aromatic nitrogens is 5. The molecule has 10 nitrogen and oxygen atoms in total. The van der Waals surface area contributed by atoms with E-state index in [0.717, 1.165) is 5.56 Å². The number of rotatable bonds is 6. The first-order valence-corrected chi connectivity index (χ1v) is 10.1. The minimum atomic E-state index is -0.454. The monoisotopic (exact) mass is 427 g/mol. The highest BCUT2D eigenvalue weighted by atomic mass is 32.2. The molecule has 146 valence electrons. The van der Waals surface area contributed by atoms with E-state index in [9.17, 15) is 14.9 Å². The number of H-pyrrole nitrogens is 1. The van der Waals surface area contributed by atoms with Crippen LogP contribution in [0.15, 0.2) is 47.3 Å². The molecule has 3 heterocycles. The maximum Gasteiger partial charge on any atom is 0.269 e. The molecule has 0 saturated carbocycles. The van der Waals surface area contributed by atoms with Crippen molar-refractivity contribution in [3.63, 3.8) is 0 Å². The van der Waals surface area contributed by atoms with Crippen LogP contribution in [0.1, 0.15) is 6.92 Å². The Bertz CT molecular complexity index is 1190. The average Bonchev–Trinajstić information content (AvgIpc) is 3.38. The van der Waals surface area contributed by atoms with Gasteiger partial charge in [-0.15, -0.1) is 11.3 Å². The number of carbonyl (C=O) groups excluding carboxylic acids is 1. The second-order valence-corrected chi connectivity index (χ2v) is 8.06. The second-order valence-electron chi connectivity index (χ2n) is 5.87. The van der Waals surface area contributed by atoms with E-state index in [1.54, 1.807) is 24.4 Å². The molecular weight excluding hydrogens is 414 g/mol. The predicted molar refractivity (Wildman–Crippen MR) is 110 cm³/mol. The molecule has 1 amide bonds. The highest BCUT2D eigenvalue weighted by molar-refractivity contribution is 8.00. The van der Waals surface area contributed by atoms with E-state index in [4.69, 9.17) is 0 Å². The maximum atomic E-state index is 12.5. The summed E-state index contributed by atoms with van der Waals surface area (Å²) >= 11 is 2.57. The number of thioether (sulfide) groups is 1. The third-order valence-corrected chi connectivity index (χ3v) is 5.81. The zero-order chi connectivity index (χ0) is 20.4. The molecule has 0 spiro atoms. The van der Waals surface area contributed by atoms with E-state index in [0.29, 0.717) is 27.0 Å². The molecule has 0 aliphatic carbocycles. The van der Waals surface area contributed by atoms with Crippen LogP contribution in [0, 0.1) is 10.1 Å². The molecule has 29 heavy (non-hydrogen) atoms. The van der Waals surface area contributed by atoms with Gasteiger partial charge in [0.1, 0.15) is 16.9 Å². The van der Waals surface area contributed by atoms with Crippen molar-refractivity contribution in [2.45, 2.75) is 17.2 Å². The lowest BCUT2D eigenvalue weighted by molar-refractivity contribution is -0.384. The topological polar surface area (TPSA) is 140 Å². The van der Waals surface area contributed by atoms with Crippen LogP contribution in [0.4, 0.5) is 10.8 Å². The van der Waals surface area contributed by atoms with Crippen molar-refractivity contribution in [2.75, 3.05) is 5.32 Å². The lowest BCUT2D eigenvalue weighted by atomic mass is 10.1. The van der Waals surface area contributed by atoms with E-state index in [-0.39, 0.29) is 11.6 Å². The number of nitro groups is 1. The number of amides is 1. The number of aromatic amines is 1. The second kappa shape index (κ2) is 7.93. The third kappa shape index (κ3) is 4.07. The normalized spacial score (nSPS) is 12.0. The number of fused-ring (bicyclic) bond motifs is 1. The Morgan fingerprint density at radius 2 is 2.07 bits per heavy atom. The van der Waals surface area contributed by atoms with Crippen LogP contribution in [-0.2, 0) is 4.79 Å². The molecule has 2 N–H and O–H groups in total. The molecule has 12 heteroatoms. The van der Waals surface area contributed by atoms with Crippen LogP contribution < -0.4 is 5.32 Å². The fourth-order valence-electron chi connectivity index (χ4n) is 2.48. The summed E-state index contributed by atoms with van der Waals surface area (Å²) in [6.45, 7) is 1.77. The molecule has 0 bridgehead atoms. The SMILES string of the molecule is C[C@H](Sc1ncnc2nc[nH]c12)C(=O)Nc1nc(-c2ccc([N+](=O)[O-])cc2)cs1. The summed E-state index contributed by atoms with van der Waals surface area (Å²) in [6, 6.07) is 6.09. The van der Waals surface area contributed by atoms with Crippen molar-refractivity contribution in [3.8, 4) is 11.3 Å². The van der Waals surface area contributed by atoms with Gasteiger partial charge in [0.15, 0.2) is 10.8 Å². The summed E-state index contributed by atoms with van der Waals surface area (Å²) in [5.74, 6) is -0.217. The lowest BCUT2D eigenvalue weighted by Gasteiger charge is -2.10. The zero-order valence-electron chi connectivity index (χ0n) is 14.9. The average molecular weight is 427 g/mol. The van der Waals surface area contributed by atoms with E-state index in [1.165, 1.54) is 47.9 Å². The van der Waals surface area contributed by atoms with Crippen molar-refractivity contribution in [3.05, 3.63) is 52.4 Å².